The molecule has 1 unspecified atom stereocenters. The first kappa shape index (κ1) is 15.1. The molecule has 1 amide bonds. The number of nitrogens with one attached hydrogen (secondary N) is 1. The zero-order valence-corrected chi connectivity index (χ0v) is 12.8. The van der Waals surface area contributed by atoms with Gasteiger partial charge < -0.3 is 14.6 Å². The fourth-order valence-electron chi connectivity index (χ4n) is 3.30. The van der Waals surface area contributed by atoms with Crippen molar-refractivity contribution in [2.24, 2.45) is 5.92 Å². The molecule has 0 aromatic carbocycles. The average molecular weight is 302 g/mol. The lowest BCUT2D eigenvalue weighted by Crippen LogP contribution is -2.46. The van der Waals surface area contributed by atoms with Crippen LogP contribution in [0.2, 0.25) is 0 Å². The Morgan fingerprint density at radius 2 is 2.23 bits per heavy atom. The Morgan fingerprint density at radius 1 is 1.41 bits per heavy atom. The van der Waals surface area contributed by atoms with Gasteiger partial charge in [0, 0.05) is 38.9 Å². The highest BCUT2D eigenvalue weighted by Crippen LogP contribution is 2.20. The molecular formula is C16H22N4O2. The van der Waals surface area contributed by atoms with Crippen LogP contribution >= 0.6 is 0 Å². The number of aromatic nitrogens is 1. The Labute approximate surface area is 130 Å². The number of hydrogen-bond acceptors (Lipinski definition) is 4. The third-order valence-corrected chi connectivity index (χ3v) is 4.47. The van der Waals surface area contributed by atoms with E-state index in [0.29, 0.717) is 17.2 Å². The smallest absolute Gasteiger partial charge is 0.270 e. The molecule has 0 bridgehead atoms. The molecule has 0 aliphatic carbocycles. The molecule has 2 saturated heterocycles. The SMILES string of the molecule is N#Cc1c[nH]c(C(=O)N2CCCC(CN3CCOCC3)C2)c1. The van der Waals surface area contributed by atoms with E-state index in [1.807, 2.05) is 11.0 Å². The Balaban J connectivity index is 1.57. The summed E-state index contributed by atoms with van der Waals surface area (Å²) in [4.78, 5) is 19.8. The largest absolute Gasteiger partial charge is 0.379 e. The Hall–Kier alpha value is -1.84. The van der Waals surface area contributed by atoms with Crippen LogP contribution < -0.4 is 0 Å². The maximum absolute atomic E-state index is 12.5. The Kier molecular flexibility index (Phi) is 4.76. The minimum atomic E-state index is 0.00757. The van der Waals surface area contributed by atoms with E-state index in [4.69, 9.17) is 10.00 Å². The summed E-state index contributed by atoms with van der Waals surface area (Å²) >= 11 is 0. The number of H-pyrrole nitrogens is 1. The summed E-state index contributed by atoms with van der Waals surface area (Å²) in [6, 6.07) is 3.68. The van der Waals surface area contributed by atoms with Crippen molar-refractivity contribution in [3.63, 3.8) is 0 Å². The molecule has 3 heterocycles. The quantitative estimate of drug-likeness (QED) is 0.906. The van der Waals surface area contributed by atoms with E-state index in [1.165, 1.54) is 6.42 Å². The van der Waals surface area contributed by atoms with Crippen molar-refractivity contribution < 1.29 is 9.53 Å². The van der Waals surface area contributed by atoms with E-state index < -0.39 is 0 Å². The number of nitriles is 1. The van der Waals surface area contributed by atoms with E-state index in [1.54, 1.807) is 12.3 Å². The number of carbonyl (C=O) groups excluding carboxylic acids is 1. The number of morpholine rings is 1. The lowest BCUT2D eigenvalue weighted by atomic mass is 9.97. The van der Waals surface area contributed by atoms with Crippen molar-refractivity contribution in [2.45, 2.75) is 12.8 Å². The number of carbonyl (C=O) groups is 1. The van der Waals surface area contributed by atoms with Crippen LogP contribution in [-0.2, 0) is 4.74 Å². The lowest BCUT2D eigenvalue weighted by Gasteiger charge is -2.36. The van der Waals surface area contributed by atoms with Gasteiger partial charge in [-0.15, -0.1) is 0 Å². The highest BCUT2D eigenvalue weighted by Gasteiger charge is 2.27. The molecule has 6 heteroatoms. The first-order valence-corrected chi connectivity index (χ1v) is 7.94. The summed E-state index contributed by atoms with van der Waals surface area (Å²) in [7, 11) is 0. The zero-order chi connectivity index (χ0) is 15.4. The molecule has 1 atom stereocenters. The van der Waals surface area contributed by atoms with Crippen molar-refractivity contribution >= 4 is 5.91 Å². The molecule has 1 aromatic heterocycles. The van der Waals surface area contributed by atoms with Crippen molar-refractivity contribution in [1.29, 1.82) is 5.26 Å². The fourth-order valence-corrected chi connectivity index (χ4v) is 3.30. The molecule has 0 saturated carbocycles. The van der Waals surface area contributed by atoms with Gasteiger partial charge in [0.15, 0.2) is 0 Å². The number of piperidine rings is 1. The second kappa shape index (κ2) is 6.95. The second-order valence-corrected chi connectivity index (χ2v) is 6.09. The molecule has 22 heavy (non-hydrogen) atoms. The average Bonchev–Trinajstić information content (AvgIpc) is 3.04. The number of hydrogen-bond donors (Lipinski definition) is 1. The van der Waals surface area contributed by atoms with E-state index in [-0.39, 0.29) is 5.91 Å². The van der Waals surface area contributed by atoms with Crippen LogP contribution in [-0.4, -0.2) is 66.6 Å². The van der Waals surface area contributed by atoms with Gasteiger partial charge in [0.05, 0.1) is 18.8 Å². The Bertz CT molecular complexity index is 557. The normalized spacial score (nSPS) is 23.2. The topological polar surface area (TPSA) is 72.4 Å². The summed E-state index contributed by atoms with van der Waals surface area (Å²) < 4.78 is 5.38. The second-order valence-electron chi connectivity index (χ2n) is 6.09. The third-order valence-electron chi connectivity index (χ3n) is 4.47. The van der Waals surface area contributed by atoms with Crippen LogP contribution in [0.5, 0.6) is 0 Å². The minimum absolute atomic E-state index is 0.00757. The first-order chi connectivity index (χ1) is 10.8. The van der Waals surface area contributed by atoms with Gasteiger partial charge in [-0.2, -0.15) is 5.26 Å². The molecule has 2 fully saturated rings. The molecule has 0 radical (unpaired) electrons. The number of likely N-dealkylation sites (tertiary alicyclic amines) is 1. The van der Waals surface area contributed by atoms with E-state index >= 15 is 0 Å². The number of rotatable bonds is 3. The molecule has 6 nitrogen and oxygen atoms in total. The monoisotopic (exact) mass is 302 g/mol. The predicted molar refractivity (Wildman–Crippen MR) is 81.4 cm³/mol. The predicted octanol–water partition coefficient (Wildman–Crippen LogP) is 1.07. The fraction of sp³-hybridized carbons (Fsp3) is 0.625. The van der Waals surface area contributed by atoms with Gasteiger partial charge >= 0.3 is 0 Å². The standard InChI is InChI=1S/C16H22N4O2/c17-9-14-8-15(18-10-14)16(21)20-3-1-2-13(12-20)11-19-4-6-22-7-5-19/h8,10,13,18H,1-7,11-12H2. The third kappa shape index (κ3) is 3.49. The van der Waals surface area contributed by atoms with Gasteiger partial charge in [0.1, 0.15) is 11.8 Å². The molecule has 118 valence electrons. The van der Waals surface area contributed by atoms with Gasteiger partial charge in [0.25, 0.3) is 5.91 Å². The summed E-state index contributed by atoms with van der Waals surface area (Å²) in [6.45, 7) is 6.26. The zero-order valence-electron chi connectivity index (χ0n) is 12.8. The molecule has 1 aromatic rings. The molecule has 0 spiro atoms. The van der Waals surface area contributed by atoms with Gasteiger partial charge in [0.2, 0.25) is 0 Å². The number of ether oxygens (including phenoxy) is 1. The summed E-state index contributed by atoms with van der Waals surface area (Å²) in [5, 5.41) is 8.86. The van der Waals surface area contributed by atoms with Crippen molar-refractivity contribution in [3.8, 4) is 6.07 Å². The van der Waals surface area contributed by atoms with E-state index in [0.717, 1.165) is 52.4 Å². The number of amides is 1. The van der Waals surface area contributed by atoms with Gasteiger partial charge in [-0.1, -0.05) is 0 Å². The Morgan fingerprint density at radius 3 is 2.95 bits per heavy atom. The maximum Gasteiger partial charge on any atom is 0.270 e. The highest BCUT2D eigenvalue weighted by molar-refractivity contribution is 5.92. The van der Waals surface area contributed by atoms with Crippen LogP contribution in [0.15, 0.2) is 12.3 Å². The van der Waals surface area contributed by atoms with Gasteiger partial charge in [-0.3, -0.25) is 9.69 Å². The van der Waals surface area contributed by atoms with Crippen LogP contribution in [0.4, 0.5) is 0 Å². The summed E-state index contributed by atoms with van der Waals surface area (Å²) in [5.41, 5.74) is 1.02. The van der Waals surface area contributed by atoms with Gasteiger partial charge in [-0.25, -0.2) is 0 Å². The summed E-state index contributed by atoms with van der Waals surface area (Å²) in [6.07, 6.45) is 3.81. The molecule has 1 N–H and O–H groups in total. The number of aromatic amines is 1. The van der Waals surface area contributed by atoms with Crippen LogP contribution in [0.25, 0.3) is 0 Å². The number of nitrogens with zero attached hydrogens (tertiary/aromatic N) is 3. The van der Waals surface area contributed by atoms with E-state index in [9.17, 15) is 4.79 Å². The van der Waals surface area contributed by atoms with Crippen LogP contribution in [0, 0.1) is 17.2 Å². The molecular weight excluding hydrogens is 280 g/mol. The van der Waals surface area contributed by atoms with Crippen molar-refractivity contribution in [1.82, 2.24) is 14.8 Å². The van der Waals surface area contributed by atoms with Gasteiger partial charge in [-0.05, 0) is 24.8 Å². The van der Waals surface area contributed by atoms with Crippen molar-refractivity contribution in [3.05, 3.63) is 23.5 Å². The molecule has 2 aliphatic rings. The minimum Gasteiger partial charge on any atom is -0.379 e. The highest BCUT2D eigenvalue weighted by atomic mass is 16.5. The van der Waals surface area contributed by atoms with Crippen molar-refractivity contribution in [2.75, 3.05) is 45.9 Å². The lowest BCUT2D eigenvalue weighted by molar-refractivity contribution is 0.0223. The molecule has 3 rings (SSSR count). The molecule has 2 aliphatic heterocycles. The first-order valence-electron chi connectivity index (χ1n) is 7.94. The van der Waals surface area contributed by atoms with Crippen LogP contribution in [0.3, 0.4) is 0 Å². The summed E-state index contributed by atoms with van der Waals surface area (Å²) in [5.74, 6) is 0.536. The van der Waals surface area contributed by atoms with Crippen LogP contribution in [0.1, 0.15) is 28.9 Å². The van der Waals surface area contributed by atoms with E-state index in [2.05, 4.69) is 9.88 Å². The maximum atomic E-state index is 12.5.